The van der Waals surface area contributed by atoms with Crippen molar-refractivity contribution in [1.82, 2.24) is 4.98 Å². The molecule has 1 heterocycles. The highest BCUT2D eigenvalue weighted by atomic mass is 16.6. The summed E-state index contributed by atoms with van der Waals surface area (Å²) in [6.45, 7) is 0. The standard InChI is InChI=1S/C19H12N2O2/c22-21(23)14-7-8-17-15-5-1-2-6-16(15)18(19(17)11-14)10-13-4-3-9-20-12-13/h1-12H/b18-10-. The van der Waals surface area contributed by atoms with Crippen LogP contribution in [-0.4, -0.2) is 9.91 Å². The lowest BCUT2D eigenvalue weighted by Crippen LogP contribution is -1.89. The van der Waals surface area contributed by atoms with Crippen molar-refractivity contribution < 1.29 is 4.92 Å². The van der Waals surface area contributed by atoms with Gasteiger partial charge in [0.15, 0.2) is 0 Å². The second kappa shape index (κ2) is 5.18. The zero-order valence-electron chi connectivity index (χ0n) is 12.1. The number of benzene rings is 2. The van der Waals surface area contributed by atoms with Crippen molar-refractivity contribution in [3.63, 3.8) is 0 Å². The van der Waals surface area contributed by atoms with E-state index in [2.05, 4.69) is 4.98 Å². The Labute approximate surface area is 132 Å². The zero-order valence-corrected chi connectivity index (χ0v) is 12.1. The molecule has 110 valence electrons. The second-order valence-electron chi connectivity index (χ2n) is 5.38. The SMILES string of the molecule is O=[N+]([O-])c1ccc2c(c1)/C(=C\c1cccnc1)c1ccccc1-2. The van der Waals surface area contributed by atoms with Crippen LogP contribution >= 0.6 is 0 Å². The van der Waals surface area contributed by atoms with E-state index in [1.54, 1.807) is 24.5 Å². The van der Waals surface area contributed by atoms with E-state index >= 15 is 0 Å². The molecule has 0 spiro atoms. The number of nitrogens with zero attached hydrogens (tertiary/aromatic N) is 2. The Bertz CT molecular complexity index is 947. The monoisotopic (exact) mass is 300 g/mol. The molecule has 0 bridgehead atoms. The number of hydrogen-bond donors (Lipinski definition) is 0. The first-order chi connectivity index (χ1) is 11.2. The maximum atomic E-state index is 11.1. The molecular weight excluding hydrogens is 288 g/mol. The van der Waals surface area contributed by atoms with Gasteiger partial charge in [-0.3, -0.25) is 15.1 Å². The normalized spacial score (nSPS) is 13.7. The van der Waals surface area contributed by atoms with Gasteiger partial charge in [0.1, 0.15) is 0 Å². The third-order valence-corrected chi connectivity index (χ3v) is 4.01. The van der Waals surface area contributed by atoms with Crippen molar-refractivity contribution in [3.05, 3.63) is 93.8 Å². The summed E-state index contributed by atoms with van der Waals surface area (Å²) in [4.78, 5) is 14.9. The van der Waals surface area contributed by atoms with Crippen LogP contribution in [0, 0.1) is 10.1 Å². The first-order valence-corrected chi connectivity index (χ1v) is 7.24. The highest BCUT2D eigenvalue weighted by molar-refractivity contribution is 6.06. The van der Waals surface area contributed by atoms with Gasteiger partial charge in [0.05, 0.1) is 4.92 Å². The smallest absolute Gasteiger partial charge is 0.264 e. The molecule has 0 saturated carbocycles. The molecular formula is C19H12N2O2. The van der Waals surface area contributed by atoms with Gasteiger partial charge in [0.2, 0.25) is 0 Å². The van der Waals surface area contributed by atoms with Crippen LogP contribution in [0.5, 0.6) is 0 Å². The molecule has 4 rings (SSSR count). The lowest BCUT2D eigenvalue weighted by atomic mass is 10.0. The molecule has 0 unspecified atom stereocenters. The van der Waals surface area contributed by atoms with Gasteiger partial charge >= 0.3 is 0 Å². The van der Waals surface area contributed by atoms with Crippen LogP contribution in [0.15, 0.2) is 67.0 Å². The van der Waals surface area contributed by atoms with Crippen molar-refractivity contribution in [2.24, 2.45) is 0 Å². The summed E-state index contributed by atoms with van der Waals surface area (Å²) in [5, 5.41) is 11.1. The molecule has 0 radical (unpaired) electrons. The molecule has 4 nitrogen and oxygen atoms in total. The third kappa shape index (κ3) is 2.21. The van der Waals surface area contributed by atoms with E-state index in [1.807, 2.05) is 48.5 Å². The minimum Gasteiger partial charge on any atom is -0.264 e. The van der Waals surface area contributed by atoms with Crippen molar-refractivity contribution in [3.8, 4) is 11.1 Å². The Morgan fingerprint density at radius 2 is 1.70 bits per heavy atom. The summed E-state index contributed by atoms with van der Waals surface area (Å²) in [5.41, 5.74) is 6.18. The van der Waals surface area contributed by atoms with Crippen LogP contribution in [0.1, 0.15) is 16.7 Å². The van der Waals surface area contributed by atoms with Crippen molar-refractivity contribution in [2.75, 3.05) is 0 Å². The van der Waals surface area contributed by atoms with E-state index in [9.17, 15) is 10.1 Å². The van der Waals surface area contributed by atoms with Gasteiger partial charge in [-0.05, 0) is 51.6 Å². The minimum absolute atomic E-state index is 0.105. The Hall–Kier alpha value is -3.27. The van der Waals surface area contributed by atoms with Crippen LogP contribution in [-0.2, 0) is 0 Å². The Balaban J connectivity index is 1.98. The van der Waals surface area contributed by atoms with Gasteiger partial charge in [0.25, 0.3) is 5.69 Å². The molecule has 0 saturated heterocycles. The molecule has 0 N–H and O–H groups in total. The van der Waals surface area contributed by atoms with Crippen LogP contribution in [0.25, 0.3) is 22.8 Å². The molecule has 0 fully saturated rings. The number of aromatic nitrogens is 1. The van der Waals surface area contributed by atoms with Gasteiger partial charge in [0, 0.05) is 24.5 Å². The van der Waals surface area contributed by atoms with E-state index in [1.165, 1.54) is 0 Å². The maximum absolute atomic E-state index is 11.1. The lowest BCUT2D eigenvalue weighted by molar-refractivity contribution is -0.384. The summed E-state index contributed by atoms with van der Waals surface area (Å²) >= 11 is 0. The van der Waals surface area contributed by atoms with Gasteiger partial charge in [-0.25, -0.2) is 0 Å². The number of nitro benzene ring substituents is 1. The first-order valence-electron chi connectivity index (χ1n) is 7.24. The van der Waals surface area contributed by atoms with Crippen molar-refractivity contribution in [1.29, 1.82) is 0 Å². The topological polar surface area (TPSA) is 56.0 Å². The quantitative estimate of drug-likeness (QED) is 0.403. The average Bonchev–Trinajstić information content (AvgIpc) is 2.90. The van der Waals surface area contributed by atoms with Crippen molar-refractivity contribution in [2.45, 2.75) is 0 Å². The molecule has 2 aromatic carbocycles. The van der Waals surface area contributed by atoms with Gasteiger partial charge < -0.3 is 0 Å². The molecule has 0 atom stereocenters. The number of nitro groups is 1. The Morgan fingerprint density at radius 3 is 2.43 bits per heavy atom. The minimum atomic E-state index is -0.356. The highest BCUT2D eigenvalue weighted by Crippen LogP contribution is 2.45. The number of non-ortho nitro benzene ring substituents is 1. The van der Waals surface area contributed by atoms with Gasteiger partial charge in [-0.1, -0.05) is 30.3 Å². The fourth-order valence-electron chi connectivity index (χ4n) is 2.98. The van der Waals surface area contributed by atoms with E-state index in [4.69, 9.17) is 0 Å². The van der Waals surface area contributed by atoms with Crippen LogP contribution in [0.3, 0.4) is 0 Å². The molecule has 23 heavy (non-hydrogen) atoms. The average molecular weight is 300 g/mol. The molecule has 3 aromatic rings. The van der Waals surface area contributed by atoms with E-state index in [0.29, 0.717) is 0 Å². The molecule has 4 heteroatoms. The zero-order chi connectivity index (χ0) is 15.8. The van der Waals surface area contributed by atoms with Crippen LogP contribution in [0.4, 0.5) is 5.69 Å². The Kier molecular flexibility index (Phi) is 3.01. The van der Waals surface area contributed by atoms with E-state index < -0.39 is 0 Å². The third-order valence-electron chi connectivity index (χ3n) is 4.01. The summed E-state index contributed by atoms with van der Waals surface area (Å²) < 4.78 is 0. The molecule has 1 aliphatic carbocycles. The maximum Gasteiger partial charge on any atom is 0.270 e. The predicted octanol–water partition coefficient (Wildman–Crippen LogP) is 4.56. The summed E-state index contributed by atoms with van der Waals surface area (Å²) in [7, 11) is 0. The number of pyridine rings is 1. The van der Waals surface area contributed by atoms with Crippen LogP contribution in [0.2, 0.25) is 0 Å². The molecule has 1 aromatic heterocycles. The van der Waals surface area contributed by atoms with Crippen molar-refractivity contribution >= 4 is 17.3 Å². The second-order valence-corrected chi connectivity index (χ2v) is 5.38. The summed E-state index contributed by atoms with van der Waals surface area (Å²) in [6.07, 6.45) is 5.54. The van der Waals surface area contributed by atoms with Gasteiger partial charge in [-0.2, -0.15) is 0 Å². The van der Waals surface area contributed by atoms with Gasteiger partial charge in [-0.15, -0.1) is 0 Å². The van der Waals surface area contributed by atoms with Crippen LogP contribution < -0.4 is 0 Å². The van der Waals surface area contributed by atoms with E-state index in [0.717, 1.165) is 33.4 Å². The Morgan fingerprint density at radius 1 is 0.913 bits per heavy atom. The fourth-order valence-corrected chi connectivity index (χ4v) is 2.98. The number of hydrogen-bond acceptors (Lipinski definition) is 3. The number of rotatable bonds is 2. The molecule has 1 aliphatic rings. The van der Waals surface area contributed by atoms with E-state index in [-0.39, 0.29) is 10.6 Å². The highest BCUT2D eigenvalue weighted by Gasteiger charge is 2.25. The summed E-state index contributed by atoms with van der Waals surface area (Å²) in [5.74, 6) is 0. The number of fused-ring (bicyclic) bond motifs is 3. The first kappa shape index (κ1) is 13.4. The largest absolute Gasteiger partial charge is 0.270 e. The molecule has 0 aliphatic heterocycles. The fraction of sp³-hybridized carbons (Fsp3) is 0. The predicted molar refractivity (Wildman–Crippen MR) is 89.7 cm³/mol. The molecule has 0 amide bonds. The lowest BCUT2D eigenvalue weighted by Gasteiger charge is -2.03. The summed E-state index contributed by atoms with van der Waals surface area (Å²) in [6, 6.07) is 16.9.